The molecule has 0 fully saturated rings. The van der Waals surface area contributed by atoms with Gasteiger partial charge in [-0.25, -0.2) is 13.6 Å². The summed E-state index contributed by atoms with van der Waals surface area (Å²) < 4.78 is 66.1. The molecule has 0 aliphatic carbocycles. The van der Waals surface area contributed by atoms with Crippen molar-refractivity contribution >= 4 is 5.97 Å². The quantitative estimate of drug-likeness (QED) is 0.662. The van der Waals surface area contributed by atoms with Gasteiger partial charge in [0.05, 0.1) is 7.11 Å². The number of rotatable bonds is 2. The van der Waals surface area contributed by atoms with Crippen molar-refractivity contribution in [2.75, 3.05) is 7.11 Å². The number of carbonyl (C=O) groups excluding carboxylic acids is 1. The van der Waals surface area contributed by atoms with Gasteiger partial charge in [-0.1, -0.05) is 0 Å². The first-order valence-electron chi connectivity index (χ1n) is 4.39. The van der Waals surface area contributed by atoms with Crippen LogP contribution in [0.25, 0.3) is 0 Å². The van der Waals surface area contributed by atoms with Crippen molar-refractivity contribution in [1.29, 1.82) is 0 Å². The highest BCUT2D eigenvalue weighted by Crippen LogP contribution is 2.28. The summed E-state index contributed by atoms with van der Waals surface area (Å²) in [6.45, 7) is 0. The van der Waals surface area contributed by atoms with Gasteiger partial charge >= 0.3 is 12.1 Å². The van der Waals surface area contributed by atoms with Gasteiger partial charge in [-0.05, 0) is 0 Å². The van der Waals surface area contributed by atoms with Crippen LogP contribution < -0.4 is 5.43 Å². The van der Waals surface area contributed by atoms with Crippen LogP contribution in [0.2, 0.25) is 0 Å². The van der Waals surface area contributed by atoms with Gasteiger partial charge in [-0.3, -0.25) is 4.79 Å². The van der Waals surface area contributed by atoms with E-state index < -0.39 is 40.8 Å². The molecule has 0 aliphatic rings. The van der Waals surface area contributed by atoms with Crippen LogP contribution in [0.1, 0.15) is 28.0 Å². The first-order chi connectivity index (χ1) is 8.20. The van der Waals surface area contributed by atoms with E-state index in [2.05, 4.69) is 4.74 Å². The lowest BCUT2D eigenvalue weighted by molar-refractivity contribution is -0.138. The number of esters is 1. The molecular weight excluding hydrogens is 265 g/mol. The zero-order valence-corrected chi connectivity index (χ0v) is 8.77. The van der Waals surface area contributed by atoms with Crippen molar-refractivity contribution in [2.45, 2.75) is 12.6 Å². The van der Waals surface area contributed by atoms with Crippen LogP contribution in [0.5, 0.6) is 0 Å². The number of halogens is 5. The molecule has 0 spiro atoms. The number of methoxy groups -OCH3 is 1. The number of carbonyl (C=O) groups is 1. The highest BCUT2D eigenvalue weighted by molar-refractivity contribution is 5.90. The molecule has 1 aromatic heterocycles. The lowest BCUT2D eigenvalue weighted by atomic mass is 10.1. The van der Waals surface area contributed by atoms with E-state index in [0.29, 0.717) is 0 Å². The molecule has 0 aromatic carbocycles. The maximum absolute atomic E-state index is 12.5. The molecule has 1 aromatic rings. The smallest absolute Gasteiger partial charge is 0.421 e. The number of H-pyrrole nitrogens is 1. The monoisotopic (exact) mass is 271 g/mol. The van der Waals surface area contributed by atoms with E-state index in [1.807, 2.05) is 0 Å². The van der Waals surface area contributed by atoms with Crippen LogP contribution in [-0.2, 0) is 10.9 Å². The third-order valence-corrected chi connectivity index (χ3v) is 2.03. The van der Waals surface area contributed by atoms with Gasteiger partial charge < -0.3 is 9.72 Å². The van der Waals surface area contributed by atoms with Crippen molar-refractivity contribution in [2.24, 2.45) is 0 Å². The van der Waals surface area contributed by atoms with Gasteiger partial charge in [0.1, 0.15) is 16.8 Å². The van der Waals surface area contributed by atoms with Crippen molar-refractivity contribution in [3.05, 3.63) is 33.2 Å². The zero-order chi connectivity index (χ0) is 14.1. The normalized spacial score (nSPS) is 11.7. The molecule has 0 bridgehead atoms. The van der Waals surface area contributed by atoms with Crippen LogP contribution >= 0.6 is 0 Å². The Morgan fingerprint density at radius 3 is 2.33 bits per heavy atom. The molecule has 0 saturated carbocycles. The molecular formula is C9H6F5NO3. The Kier molecular flexibility index (Phi) is 3.73. The molecule has 1 rings (SSSR count). The van der Waals surface area contributed by atoms with Gasteiger partial charge in [0, 0.05) is 6.20 Å². The number of ether oxygens (including phenoxy) is 1. The predicted molar refractivity (Wildman–Crippen MR) is 48.4 cm³/mol. The van der Waals surface area contributed by atoms with Gasteiger partial charge in [0.2, 0.25) is 5.43 Å². The van der Waals surface area contributed by atoms with E-state index in [9.17, 15) is 31.5 Å². The zero-order valence-electron chi connectivity index (χ0n) is 8.77. The summed E-state index contributed by atoms with van der Waals surface area (Å²) >= 11 is 0. The lowest BCUT2D eigenvalue weighted by Gasteiger charge is -2.10. The molecule has 0 amide bonds. The summed E-state index contributed by atoms with van der Waals surface area (Å²) in [6, 6.07) is 0. The lowest BCUT2D eigenvalue weighted by Crippen LogP contribution is -2.28. The van der Waals surface area contributed by atoms with Crippen LogP contribution in [0.3, 0.4) is 0 Å². The molecule has 0 unspecified atom stereocenters. The molecule has 1 N–H and O–H groups in total. The number of aromatic amines is 1. The van der Waals surface area contributed by atoms with Crippen molar-refractivity contribution in [1.82, 2.24) is 4.98 Å². The third-order valence-electron chi connectivity index (χ3n) is 2.03. The largest absolute Gasteiger partial charge is 0.465 e. The third kappa shape index (κ3) is 2.49. The molecule has 1 heterocycles. The average molecular weight is 271 g/mol. The molecule has 100 valence electrons. The number of pyridine rings is 1. The Bertz CT molecular complexity index is 520. The van der Waals surface area contributed by atoms with Gasteiger partial charge in [-0.15, -0.1) is 0 Å². The highest BCUT2D eigenvalue weighted by atomic mass is 19.4. The molecule has 9 heteroatoms. The fourth-order valence-corrected chi connectivity index (χ4v) is 1.23. The number of hydrogen-bond acceptors (Lipinski definition) is 3. The summed E-state index contributed by atoms with van der Waals surface area (Å²) in [4.78, 5) is 24.1. The molecule has 0 atom stereocenters. The van der Waals surface area contributed by atoms with E-state index in [-0.39, 0.29) is 6.20 Å². The van der Waals surface area contributed by atoms with Crippen molar-refractivity contribution in [3.63, 3.8) is 0 Å². The molecule has 0 radical (unpaired) electrons. The number of aromatic nitrogens is 1. The summed E-state index contributed by atoms with van der Waals surface area (Å²) in [6.07, 6.45) is -8.28. The molecule has 18 heavy (non-hydrogen) atoms. The number of alkyl halides is 5. The summed E-state index contributed by atoms with van der Waals surface area (Å²) in [7, 11) is 0.761. The Hall–Kier alpha value is -1.93. The predicted octanol–water partition coefficient (Wildman–Crippen LogP) is 2.12. The summed E-state index contributed by atoms with van der Waals surface area (Å²) in [5.41, 5.74) is -6.14. The van der Waals surface area contributed by atoms with Crippen molar-refractivity contribution in [3.8, 4) is 0 Å². The SMILES string of the molecule is COC(=O)c1c(C(F)F)[nH]cc(C(F)(F)F)c1=O. The molecule has 4 nitrogen and oxygen atoms in total. The van der Waals surface area contributed by atoms with Crippen LogP contribution in [0.15, 0.2) is 11.0 Å². The minimum atomic E-state index is -5.06. The second-order valence-electron chi connectivity index (χ2n) is 3.11. The highest BCUT2D eigenvalue weighted by Gasteiger charge is 2.37. The second kappa shape index (κ2) is 4.75. The Balaban J connectivity index is 3.61. The maximum atomic E-state index is 12.5. The average Bonchev–Trinajstić information content (AvgIpc) is 2.25. The van der Waals surface area contributed by atoms with Crippen LogP contribution in [0, 0.1) is 0 Å². The fourth-order valence-electron chi connectivity index (χ4n) is 1.23. The Labute approximate surface area is 96.4 Å². The number of nitrogens with one attached hydrogen (secondary N) is 1. The second-order valence-corrected chi connectivity index (χ2v) is 3.11. The minimum Gasteiger partial charge on any atom is -0.465 e. The van der Waals surface area contributed by atoms with Gasteiger partial charge in [0.15, 0.2) is 0 Å². The summed E-state index contributed by atoms with van der Waals surface area (Å²) in [5.74, 6) is -1.56. The topological polar surface area (TPSA) is 59.2 Å². The first kappa shape index (κ1) is 14.1. The molecule has 0 aliphatic heterocycles. The Morgan fingerprint density at radius 1 is 1.39 bits per heavy atom. The Morgan fingerprint density at radius 2 is 1.94 bits per heavy atom. The van der Waals surface area contributed by atoms with Crippen LogP contribution in [0.4, 0.5) is 22.0 Å². The summed E-state index contributed by atoms with van der Waals surface area (Å²) in [5, 5.41) is 0. The van der Waals surface area contributed by atoms with E-state index in [1.54, 1.807) is 4.98 Å². The maximum Gasteiger partial charge on any atom is 0.421 e. The fraction of sp³-hybridized carbons (Fsp3) is 0.333. The van der Waals surface area contributed by atoms with E-state index >= 15 is 0 Å². The van der Waals surface area contributed by atoms with Crippen LogP contribution in [-0.4, -0.2) is 18.1 Å². The molecule has 0 saturated heterocycles. The van der Waals surface area contributed by atoms with Crippen molar-refractivity contribution < 1.29 is 31.5 Å². The first-order valence-corrected chi connectivity index (χ1v) is 4.39. The van der Waals surface area contributed by atoms with E-state index in [1.165, 1.54) is 0 Å². The standard InChI is InChI=1S/C9H6F5NO3/c1-18-8(17)4-5(7(10)11)15-2-3(6(4)16)9(12,13)14/h2,7H,1H3,(H,15,16). The van der Waals surface area contributed by atoms with E-state index in [0.717, 1.165) is 7.11 Å². The van der Waals surface area contributed by atoms with Gasteiger partial charge in [-0.2, -0.15) is 13.2 Å². The number of hydrogen-bond donors (Lipinski definition) is 1. The van der Waals surface area contributed by atoms with E-state index in [4.69, 9.17) is 0 Å². The minimum absolute atomic E-state index is 0.0935. The van der Waals surface area contributed by atoms with Gasteiger partial charge in [0.25, 0.3) is 6.43 Å².